The summed E-state index contributed by atoms with van der Waals surface area (Å²) < 4.78 is 6.59. The zero-order valence-electron chi connectivity index (χ0n) is 14.2. The molecular formula is C15H20ClN7O3. The van der Waals surface area contributed by atoms with Crippen LogP contribution >= 0.6 is 12.4 Å². The summed E-state index contributed by atoms with van der Waals surface area (Å²) in [6, 6.07) is 0. The third-order valence-electron chi connectivity index (χ3n) is 4.79. The SMILES string of the molecule is Cl.Cn1c(=O)[nH]c(=O)c2[nH]c(CCc3nc(C4(N)CCCC4)no3)nc21. The molecule has 4 rings (SSSR count). The highest BCUT2D eigenvalue weighted by molar-refractivity contribution is 5.85. The Morgan fingerprint density at radius 3 is 2.65 bits per heavy atom. The summed E-state index contributed by atoms with van der Waals surface area (Å²) in [6.07, 6.45) is 4.83. The Hall–Kier alpha value is -2.46. The zero-order valence-corrected chi connectivity index (χ0v) is 15.1. The molecule has 1 fully saturated rings. The van der Waals surface area contributed by atoms with E-state index in [0.29, 0.717) is 36.0 Å². The number of nitrogens with one attached hydrogen (secondary N) is 2. The molecule has 0 saturated heterocycles. The molecule has 26 heavy (non-hydrogen) atoms. The first-order chi connectivity index (χ1) is 12.0. The van der Waals surface area contributed by atoms with Crippen LogP contribution in [0.15, 0.2) is 14.1 Å². The van der Waals surface area contributed by atoms with E-state index in [2.05, 4.69) is 25.1 Å². The third-order valence-corrected chi connectivity index (χ3v) is 4.79. The van der Waals surface area contributed by atoms with Gasteiger partial charge in [-0.3, -0.25) is 14.3 Å². The Kier molecular flexibility index (Phi) is 4.72. The molecule has 10 nitrogen and oxygen atoms in total. The van der Waals surface area contributed by atoms with E-state index in [4.69, 9.17) is 10.3 Å². The number of halogens is 1. The number of nitrogens with zero attached hydrogens (tertiary/aromatic N) is 4. The lowest BCUT2D eigenvalue weighted by molar-refractivity contribution is 0.348. The van der Waals surface area contributed by atoms with Crippen molar-refractivity contribution in [3.8, 4) is 0 Å². The maximum atomic E-state index is 11.8. The van der Waals surface area contributed by atoms with Gasteiger partial charge in [0.25, 0.3) is 5.56 Å². The summed E-state index contributed by atoms with van der Waals surface area (Å²) in [6.45, 7) is 0. The highest BCUT2D eigenvalue weighted by atomic mass is 35.5. The third kappa shape index (κ3) is 3.06. The fraction of sp³-hybridized carbons (Fsp3) is 0.533. The number of hydrogen-bond donors (Lipinski definition) is 3. The van der Waals surface area contributed by atoms with E-state index in [1.54, 1.807) is 7.05 Å². The number of aromatic amines is 2. The summed E-state index contributed by atoms with van der Waals surface area (Å²) in [5.41, 5.74) is 5.46. The molecule has 3 heterocycles. The van der Waals surface area contributed by atoms with Gasteiger partial charge in [0, 0.05) is 19.9 Å². The fourth-order valence-electron chi connectivity index (χ4n) is 3.28. The van der Waals surface area contributed by atoms with E-state index < -0.39 is 16.8 Å². The Morgan fingerprint density at radius 2 is 1.92 bits per heavy atom. The average Bonchev–Trinajstić information content (AvgIpc) is 3.30. The van der Waals surface area contributed by atoms with Crippen LogP contribution in [0.25, 0.3) is 11.2 Å². The molecular weight excluding hydrogens is 362 g/mol. The van der Waals surface area contributed by atoms with Gasteiger partial charge in [-0.1, -0.05) is 18.0 Å². The predicted octanol–water partition coefficient (Wildman–Crippen LogP) is 0.268. The maximum Gasteiger partial charge on any atom is 0.329 e. The summed E-state index contributed by atoms with van der Waals surface area (Å²) in [4.78, 5) is 37.3. The maximum absolute atomic E-state index is 11.8. The highest BCUT2D eigenvalue weighted by Crippen LogP contribution is 2.34. The lowest BCUT2D eigenvalue weighted by atomic mass is 9.99. The summed E-state index contributed by atoms with van der Waals surface area (Å²) in [5.74, 6) is 1.61. The summed E-state index contributed by atoms with van der Waals surface area (Å²) in [5, 5.41) is 4.02. The molecule has 3 aromatic heterocycles. The van der Waals surface area contributed by atoms with E-state index in [9.17, 15) is 9.59 Å². The van der Waals surface area contributed by atoms with Crippen LogP contribution in [-0.4, -0.2) is 29.7 Å². The van der Waals surface area contributed by atoms with E-state index in [1.165, 1.54) is 4.57 Å². The zero-order chi connectivity index (χ0) is 17.6. The van der Waals surface area contributed by atoms with Gasteiger partial charge in [0.05, 0.1) is 5.54 Å². The molecule has 1 aliphatic rings. The topological polar surface area (TPSA) is 148 Å². The number of aryl methyl sites for hydroxylation is 3. The van der Waals surface area contributed by atoms with Gasteiger partial charge in [-0.25, -0.2) is 9.78 Å². The van der Waals surface area contributed by atoms with Crippen molar-refractivity contribution in [3.05, 3.63) is 38.4 Å². The van der Waals surface area contributed by atoms with Crippen molar-refractivity contribution < 1.29 is 4.52 Å². The molecule has 4 N–H and O–H groups in total. The number of nitrogens with two attached hydrogens (primary N) is 1. The minimum Gasteiger partial charge on any atom is -0.339 e. The van der Waals surface area contributed by atoms with Crippen molar-refractivity contribution in [1.82, 2.24) is 29.7 Å². The molecule has 0 bridgehead atoms. The number of aromatic nitrogens is 6. The highest BCUT2D eigenvalue weighted by Gasteiger charge is 2.35. The van der Waals surface area contributed by atoms with Crippen LogP contribution in [0.1, 0.15) is 43.2 Å². The van der Waals surface area contributed by atoms with Crippen molar-refractivity contribution in [2.24, 2.45) is 12.8 Å². The van der Waals surface area contributed by atoms with Gasteiger partial charge >= 0.3 is 5.69 Å². The fourth-order valence-corrected chi connectivity index (χ4v) is 3.28. The van der Waals surface area contributed by atoms with Crippen LogP contribution < -0.4 is 17.0 Å². The Balaban J connectivity index is 0.00000196. The van der Waals surface area contributed by atoms with Gasteiger partial charge < -0.3 is 15.2 Å². The Labute approximate surface area is 153 Å². The van der Waals surface area contributed by atoms with Gasteiger partial charge in [0.2, 0.25) is 5.89 Å². The molecule has 140 valence electrons. The molecule has 1 aliphatic carbocycles. The smallest absolute Gasteiger partial charge is 0.329 e. The van der Waals surface area contributed by atoms with Crippen molar-refractivity contribution in [2.45, 2.75) is 44.1 Å². The molecule has 0 unspecified atom stereocenters. The molecule has 3 aromatic rings. The Bertz CT molecular complexity index is 1040. The second-order valence-electron chi connectivity index (χ2n) is 6.58. The van der Waals surface area contributed by atoms with Crippen LogP contribution in [-0.2, 0) is 25.4 Å². The van der Waals surface area contributed by atoms with Crippen LogP contribution in [0, 0.1) is 0 Å². The molecule has 0 aromatic carbocycles. The monoisotopic (exact) mass is 381 g/mol. The largest absolute Gasteiger partial charge is 0.339 e. The lowest BCUT2D eigenvalue weighted by Gasteiger charge is -2.17. The molecule has 1 saturated carbocycles. The first-order valence-corrected chi connectivity index (χ1v) is 8.26. The van der Waals surface area contributed by atoms with Crippen LogP contribution in [0.4, 0.5) is 0 Å². The van der Waals surface area contributed by atoms with E-state index in [-0.39, 0.29) is 17.9 Å². The van der Waals surface area contributed by atoms with Crippen molar-refractivity contribution in [2.75, 3.05) is 0 Å². The van der Waals surface area contributed by atoms with Gasteiger partial charge in [-0.2, -0.15) is 4.98 Å². The van der Waals surface area contributed by atoms with Gasteiger partial charge in [0.1, 0.15) is 11.3 Å². The average molecular weight is 382 g/mol. The minimum atomic E-state index is -0.498. The second-order valence-corrected chi connectivity index (χ2v) is 6.58. The van der Waals surface area contributed by atoms with Crippen LogP contribution in [0.5, 0.6) is 0 Å². The lowest BCUT2D eigenvalue weighted by Crippen LogP contribution is -2.34. The standard InChI is InChI=1S/C15H19N7O3.ClH/c1-22-11-10(12(23)20-14(22)24)17-8(18-11)4-5-9-19-13(21-25-9)15(16)6-2-3-7-15;/h2-7,16H2,1H3,(H,17,18)(H,20,23,24);1H. The quantitative estimate of drug-likeness (QED) is 0.587. The molecule has 11 heteroatoms. The predicted molar refractivity (Wildman–Crippen MR) is 95.2 cm³/mol. The van der Waals surface area contributed by atoms with Gasteiger partial charge in [-0.05, 0) is 12.8 Å². The number of H-pyrrole nitrogens is 2. The minimum absolute atomic E-state index is 0. The van der Waals surface area contributed by atoms with Crippen molar-refractivity contribution in [3.63, 3.8) is 0 Å². The first kappa shape index (κ1) is 18.3. The molecule has 0 atom stereocenters. The molecule has 0 aliphatic heterocycles. The second kappa shape index (κ2) is 6.69. The number of imidazole rings is 1. The first-order valence-electron chi connectivity index (χ1n) is 8.26. The molecule has 0 spiro atoms. The van der Waals surface area contributed by atoms with E-state index in [0.717, 1.165) is 25.7 Å². The normalized spacial score (nSPS) is 16.1. The number of fused-ring (bicyclic) bond motifs is 1. The molecule has 0 radical (unpaired) electrons. The summed E-state index contributed by atoms with van der Waals surface area (Å²) >= 11 is 0. The molecule has 0 amide bonds. The van der Waals surface area contributed by atoms with E-state index in [1.807, 2.05) is 0 Å². The number of hydrogen-bond acceptors (Lipinski definition) is 7. The van der Waals surface area contributed by atoms with Crippen molar-refractivity contribution in [1.29, 1.82) is 0 Å². The van der Waals surface area contributed by atoms with Gasteiger partial charge in [0.15, 0.2) is 11.5 Å². The van der Waals surface area contributed by atoms with E-state index >= 15 is 0 Å². The number of rotatable bonds is 4. The van der Waals surface area contributed by atoms with Crippen LogP contribution in [0.2, 0.25) is 0 Å². The van der Waals surface area contributed by atoms with Gasteiger partial charge in [-0.15, -0.1) is 12.4 Å². The van der Waals surface area contributed by atoms with Crippen molar-refractivity contribution >= 4 is 23.6 Å². The van der Waals surface area contributed by atoms with Crippen LogP contribution in [0.3, 0.4) is 0 Å². The Morgan fingerprint density at radius 1 is 1.19 bits per heavy atom. The summed E-state index contributed by atoms with van der Waals surface area (Å²) in [7, 11) is 1.55.